The number of carbonyl (C=O) groups excluding carboxylic acids is 1. The summed E-state index contributed by atoms with van der Waals surface area (Å²) in [7, 11) is 1.84. The molecule has 1 N–H and O–H groups in total. The first-order valence-corrected chi connectivity index (χ1v) is 5.97. The normalized spacial score (nSPS) is 19.5. The van der Waals surface area contributed by atoms with E-state index in [0.29, 0.717) is 18.9 Å². The number of hydrogen-bond donors (Lipinski definition) is 1. The Bertz CT molecular complexity index is 383. The lowest BCUT2D eigenvalue weighted by Gasteiger charge is -2.18. The molecule has 17 heavy (non-hydrogen) atoms. The van der Waals surface area contributed by atoms with Gasteiger partial charge in [0.25, 0.3) is 0 Å². The van der Waals surface area contributed by atoms with E-state index in [-0.39, 0.29) is 5.91 Å². The van der Waals surface area contributed by atoms with E-state index in [9.17, 15) is 4.79 Å². The number of aromatic nitrogens is 2. The number of nitrogens with zero attached hydrogens (tertiary/aromatic N) is 2. The molecule has 1 amide bonds. The molecule has 1 aliphatic heterocycles. The van der Waals surface area contributed by atoms with Gasteiger partial charge in [0.15, 0.2) is 0 Å². The molecular weight excluding hydrogens is 218 g/mol. The van der Waals surface area contributed by atoms with Gasteiger partial charge < -0.3 is 9.64 Å². The van der Waals surface area contributed by atoms with Gasteiger partial charge in [-0.3, -0.25) is 9.89 Å². The van der Waals surface area contributed by atoms with Gasteiger partial charge in [0.1, 0.15) is 0 Å². The van der Waals surface area contributed by atoms with Crippen LogP contribution in [0.25, 0.3) is 0 Å². The van der Waals surface area contributed by atoms with Gasteiger partial charge in [0, 0.05) is 44.5 Å². The van der Waals surface area contributed by atoms with Crippen LogP contribution < -0.4 is 0 Å². The molecule has 1 atom stereocenters. The summed E-state index contributed by atoms with van der Waals surface area (Å²) >= 11 is 0. The van der Waals surface area contributed by atoms with Crippen molar-refractivity contribution < 1.29 is 9.53 Å². The lowest BCUT2D eigenvalue weighted by molar-refractivity contribution is -0.131. The van der Waals surface area contributed by atoms with Gasteiger partial charge in [-0.1, -0.05) is 0 Å². The van der Waals surface area contributed by atoms with Crippen molar-refractivity contribution in [3.05, 3.63) is 17.5 Å². The van der Waals surface area contributed by atoms with E-state index in [1.807, 2.05) is 14.0 Å². The third-order valence-electron chi connectivity index (χ3n) is 3.25. The summed E-state index contributed by atoms with van der Waals surface area (Å²) in [6, 6.07) is 0. The minimum atomic E-state index is 0.182. The second-order valence-corrected chi connectivity index (χ2v) is 4.70. The van der Waals surface area contributed by atoms with Crippen LogP contribution in [-0.2, 0) is 16.1 Å². The summed E-state index contributed by atoms with van der Waals surface area (Å²) in [5.41, 5.74) is 2.09. The smallest absolute Gasteiger partial charge is 0.222 e. The van der Waals surface area contributed by atoms with Crippen LogP contribution in [0.15, 0.2) is 6.20 Å². The topological polar surface area (TPSA) is 58.2 Å². The van der Waals surface area contributed by atoms with E-state index in [0.717, 1.165) is 30.9 Å². The van der Waals surface area contributed by atoms with Crippen LogP contribution in [0.2, 0.25) is 0 Å². The van der Waals surface area contributed by atoms with Crippen LogP contribution in [0.3, 0.4) is 0 Å². The lowest BCUT2D eigenvalue weighted by Crippen LogP contribution is -2.28. The number of carbonyl (C=O) groups is 1. The van der Waals surface area contributed by atoms with Crippen molar-refractivity contribution in [2.75, 3.05) is 20.3 Å². The summed E-state index contributed by atoms with van der Waals surface area (Å²) in [5, 5.41) is 6.83. The largest absolute Gasteiger partial charge is 0.381 e. The molecule has 2 heterocycles. The molecule has 94 valence electrons. The summed E-state index contributed by atoms with van der Waals surface area (Å²) in [6.07, 6.45) is 3.37. The van der Waals surface area contributed by atoms with Crippen molar-refractivity contribution in [2.45, 2.75) is 26.3 Å². The van der Waals surface area contributed by atoms with Crippen LogP contribution in [0.4, 0.5) is 0 Å². The molecule has 5 heteroatoms. The van der Waals surface area contributed by atoms with Crippen molar-refractivity contribution in [1.29, 1.82) is 0 Å². The van der Waals surface area contributed by atoms with Gasteiger partial charge in [0.05, 0.1) is 6.20 Å². The average Bonchev–Trinajstić information content (AvgIpc) is 2.91. The van der Waals surface area contributed by atoms with E-state index in [1.54, 1.807) is 11.1 Å². The van der Waals surface area contributed by atoms with E-state index in [1.165, 1.54) is 0 Å². The number of nitrogens with one attached hydrogen (secondary N) is 1. The third kappa shape index (κ3) is 3.06. The minimum Gasteiger partial charge on any atom is -0.381 e. The Kier molecular flexibility index (Phi) is 3.78. The number of aryl methyl sites for hydroxylation is 1. The van der Waals surface area contributed by atoms with Crippen molar-refractivity contribution in [3.8, 4) is 0 Å². The molecule has 1 saturated heterocycles. The van der Waals surface area contributed by atoms with E-state index in [4.69, 9.17) is 4.74 Å². The van der Waals surface area contributed by atoms with Crippen LogP contribution in [-0.4, -0.2) is 41.3 Å². The van der Waals surface area contributed by atoms with Gasteiger partial charge in [-0.25, -0.2) is 0 Å². The number of aromatic amines is 1. The lowest BCUT2D eigenvalue weighted by atomic mass is 10.0. The molecule has 0 aliphatic carbocycles. The first-order chi connectivity index (χ1) is 8.16. The zero-order valence-electron chi connectivity index (χ0n) is 10.4. The Morgan fingerprint density at radius 3 is 3.12 bits per heavy atom. The molecule has 1 unspecified atom stereocenters. The quantitative estimate of drug-likeness (QED) is 0.853. The molecule has 2 rings (SSSR count). The maximum absolute atomic E-state index is 12.0. The van der Waals surface area contributed by atoms with Crippen LogP contribution in [0.1, 0.15) is 24.1 Å². The predicted octanol–water partition coefficient (Wildman–Crippen LogP) is 1.10. The Morgan fingerprint density at radius 1 is 1.71 bits per heavy atom. The van der Waals surface area contributed by atoms with Gasteiger partial charge >= 0.3 is 0 Å². The summed E-state index contributed by atoms with van der Waals surface area (Å²) < 4.78 is 5.28. The van der Waals surface area contributed by atoms with Crippen LogP contribution in [0.5, 0.6) is 0 Å². The van der Waals surface area contributed by atoms with Gasteiger partial charge in [-0.2, -0.15) is 5.10 Å². The van der Waals surface area contributed by atoms with Crippen molar-refractivity contribution in [3.63, 3.8) is 0 Å². The molecule has 1 fully saturated rings. The Balaban J connectivity index is 1.84. The van der Waals surface area contributed by atoms with Crippen LogP contribution >= 0.6 is 0 Å². The van der Waals surface area contributed by atoms with Crippen molar-refractivity contribution in [2.24, 2.45) is 5.92 Å². The molecular formula is C12H19N3O2. The fourth-order valence-electron chi connectivity index (χ4n) is 2.03. The fourth-order valence-corrected chi connectivity index (χ4v) is 2.03. The van der Waals surface area contributed by atoms with Gasteiger partial charge in [-0.15, -0.1) is 0 Å². The molecule has 0 aromatic carbocycles. The number of rotatable bonds is 4. The monoisotopic (exact) mass is 237 g/mol. The highest BCUT2D eigenvalue weighted by atomic mass is 16.5. The highest BCUT2D eigenvalue weighted by Gasteiger charge is 2.21. The van der Waals surface area contributed by atoms with Gasteiger partial charge in [0.2, 0.25) is 5.91 Å². The molecule has 5 nitrogen and oxygen atoms in total. The standard InChI is InChI=1S/C12H19N3O2/c1-9-11(6-13-14-9)7-15(2)12(16)5-10-3-4-17-8-10/h6,10H,3-5,7-8H2,1-2H3,(H,13,14). The Labute approximate surface area is 101 Å². The molecule has 1 aliphatic rings. The SMILES string of the molecule is Cc1[nH]ncc1CN(C)C(=O)CC1CCOC1. The fraction of sp³-hybridized carbons (Fsp3) is 0.667. The maximum Gasteiger partial charge on any atom is 0.222 e. The number of hydrogen-bond acceptors (Lipinski definition) is 3. The zero-order chi connectivity index (χ0) is 12.3. The number of ether oxygens (including phenoxy) is 1. The second kappa shape index (κ2) is 5.31. The van der Waals surface area contributed by atoms with Crippen LogP contribution in [0, 0.1) is 12.8 Å². The van der Waals surface area contributed by atoms with E-state index < -0.39 is 0 Å². The average molecular weight is 237 g/mol. The summed E-state index contributed by atoms with van der Waals surface area (Å²) in [4.78, 5) is 13.7. The highest BCUT2D eigenvalue weighted by Crippen LogP contribution is 2.18. The molecule has 1 aromatic rings. The first-order valence-electron chi connectivity index (χ1n) is 5.97. The zero-order valence-corrected chi connectivity index (χ0v) is 10.4. The molecule has 0 radical (unpaired) electrons. The molecule has 1 aromatic heterocycles. The maximum atomic E-state index is 12.0. The predicted molar refractivity (Wildman–Crippen MR) is 63.3 cm³/mol. The van der Waals surface area contributed by atoms with Gasteiger partial charge in [-0.05, 0) is 19.3 Å². The number of H-pyrrole nitrogens is 1. The van der Waals surface area contributed by atoms with Crippen molar-refractivity contribution >= 4 is 5.91 Å². The van der Waals surface area contributed by atoms with E-state index >= 15 is 0 Å². The molecule has 0 spiro atoms. The summed E-state index contributed by atoms with van der Waals surface area (Å²) in [5.74, 6) is 0.580. The summed E-state index contributed by atoms with van der Waals surface area (Å²) in [6.45, 7) is 4.10. The van der Waals surface area contributed by atoms with E-state index in [2.05, 4.69) is 10.2 Å². The Hall–Kier alpha value is -1.36. The highest BCUT2D eigenvalue weighted by molar-refractivity contribution is 5.76. The van der Waals surface area contributed by atoms with Crippen molar-refractivity contribution in [1.82, 2.24) is 15.1 Å². The third-order valence-corrected chi connectivity index (χ3v) is 3.25. The molecule has 0 bridgehead atoms. The second-order valence-electron chi connectivity index (χ2n) is 4.70. The molecule has 0 saturated carbocycles. The minimum absolute atomic E-state index is 0.182. The number of amides is 1. The first kappa shape index (κ1) is 12.1. The Morgan fingerprint density at radius 2 is 2.53 bits per heavy atom.